The fourth-order valence-corrected chi connectivity index (χ4v) is 5.74. The van der Waals surface area contributed by atoms with Crippen molar-refractivity contribution in [3.05, 3.63) is 23.9 Å². The van der Waals surface area contributed by atoms with E-state index in [1.54, 1.807) is 0 Å². The number of imide groups is 1. The highest BCUT2D eigenvalue weighted by atomic mass is 16.2. The molecule has 2 amide bonds. The minimum Gasteiger partial charge on any atom is -0.369 e. The van der Waals surface area contributed by atoms with Crippen LogP contribution in [0.1, 0.15) is 44.7 Å². The smallest absolute Gasteiger partial charge is 0.235 e. The quantitative estimate of drug-likeness (QED) is 0.689. The molecule has 33 heavy (non-hydrogen) atoms. The van der Waals surface area contributed by atoms with Crippen LogP contribution in [0.25, 0.3) is 10.9 Å². The van der Waals surface area contributed by atoms with E-state index in [9.17, 15) is 9.59 Å². The molecule has 1 aromatic carbocycles. The molecule has 0 bridgehead atoms. The second-order valence-corrected chi connectivity index (χ2v) is 10.7. The molecule has 4 heterocycles. The van der Waals surface area contributed by atoms with Gasteiger partial charge in [-0.2, -0.15) is 5.10 Å². The summed E-state index contributed by atoms with van der Waals surface area (Å²) in [5.41, 5.74) is 3.38. The van der Waals surface area contributed by atoms with Crippen molar-refractivity contribution in [3.8, 4) is 0 Å². The highest BCUT2D eigenvalue weighted by Gasteiger charge is 2.34. The number of nitrogens with one attached hydrogen (secondary N) is 2. The standard InChI is InChI=1S/C25H36N6O2/c1-25(2)16-26-9-8-17(25)15-30-10-12-31(13-11-30)18-4-5-19-21(14-18)29(3)28-23(19)20-6-7-22(32)27-24(20)33/h4-5,14,17,20,26H,6-13,15-16H2,1-3H3,(H,27,32,33)/t17-,20?/m0/s1. The van der Waals surface area contributed by atoms with E-state index in [0.29, 0.717) is 18.3 Å². The molecule has 3 fully saturated rings. The number of aromatic nitrogens is 2. The van der Waals surface area contributed by atoms with Crippen molar-refractivity contribution < 1.29 is 9.59 Å². The first-order valence-corrected chi connectivity index (χ1v) is 12.3. The van der Waals surface area contributed by atoms with Gasteiger partial charge in [0, 0.05) is 63.8 Å². The van der Waals surface area contributed by atoms with Gasteiger partial charge in [-0.1, -0.05) is 13.8 Å². The maximum absolute atomic E-state index is 12.4. The molecule has 0 aliphatic carbocycles. The Bertz CT molecular complexity index is 1050. The number of piperidine rings is 2. The number of nitrogens with zero attached hydrogens (tertiary/aromatic N) is 4. The normalized spacial score (nSPS) is 26.6. The highest BCUT2D eigenvalue weighted by Crippen LogP contribution is 2.34. The lowest BCUT2D eigenvalue weighted by Gasteiger charge is -2.44. The number of rotatable bonds is 4. The zero-order chi connectivity index (χ0) is 23.2. The summed E-state index contributed by atoms with van der Waals surface area (Å²) >= 11 is 0. The van der Waals surface area contributed by atoms with Crippen molar-refractivity contribution >= 4 is 28.4 Å². The first-order chi connectivity index (χ1) is 15.8. The Kier molecular flexibility index (Phi) is 5.91. The van der Waals surface area contributed by atoms with Crippen LogP contribution in [-0.2, 0) is 16.6 Å². The predicted octanol–water partition coefficient (Wildman–Crippen LogP) is 1.85. The van der Waals surface area contributed by atoms with Gasteiger partial charge in [0.15, 0.2) is 0 Å². The molecule has 0 radical (unpaired) electrons. The average molecular weight is 453 g/mol. The second-order valence-electron chi connectivity index (χ2n) is 10.7. The number of fused-ring (bicyclic) bond motifs is 1. The van der Waals surface area contributed by atoms with Gasteiger partial charge >= 0.3 is 0 Å². The van der Waals surface area contributed by atoms with Crippen LogP contribution in [0.4, 0.5) is 5.69 Å². The number of anilines is 1. The van der Waals surface area contributed by atoms with Gasteiger partial charge < -0.3 is 10.2 Å². The van der Waals surface area contributed by atoms with Gasteiger partial charge in [0.25, 0.3) is 0 Å². The van der Waals surface area contributed by atoms with Gasteiger partial charge in [-0.05, 0) is 48.9 Å². The van der Waals surface area contributed by atoms with Crippen molar-refractivity contribution in [3.63, 3.8) is 0 Å². The van der Waals surface area contributed by atoms with E-state index in [0.717, 1.165) is 61.8 Å². The van der Waals surface area contributed by atoms with E-state index in [4.69, 9.17) is 0 Å². The van der Waals surface area contributed by atoms with Crippen LogP contribution in [0, 0.1) is 11.3 Å². The Morgan fingerprint density at radius 1 is 1.12 bits per heavy atom. The molecular formula is C25H36N6O2. The molecule has 0 saturated carbocycles. The molecule has 1 aromatic heterocycles. The number of aryl methyl sites for hydroxylation is 1. The summed E-state index contributed by atoms with van der Waals surface area (Å²) in [7, 11) is 1.93. The SMILES string of the molecule is Cn1nc(C2CCC(=O)NC2=O)c2ccc(N3CCN(C[C@@H]4CCNCC4(C)C)CC3)cc21. The van der Waals surface area contributed by atoms with Crippen molar-refractivity contribution in [1.82, 2.24) is 25.3 Å². The van der Waals surface area contributed by atoms with Crippen LogP contribution >= 0.6 is 0 Å². The molecule has 2 aromatic rings. The second kappa shape index (κ2) is 8.72. The maximum atomic E-state index is 12.4. The zero-order valence-electron chi connectivity index (χ0n) is 20.1. The molecular weight excluding hydrogens is 416 g/mol. The number of carbonyl (C=O) groups is 2. The summed E-state index contributed by atoms with van der Waals surface area (Å²) in [5.74, 6) is -0.0353. The Morgan fingerprint density at radius 3 is 2.64 bits per heavy atom. The Labute approximate surface area is 195 Å². The zero-order valence-corrected chi connectivity index (χ0v) is 20.1. The maximum Gasteiger partial charge on any atom is 0.235 e. The third-order valence-corrected chi connectivity index (χ3v) is 8.00. The molecule has 8 nitrogen and oxygen atoms in total. The van der Waals surface area contributed by atoms with Crippen LogP contribution in [0.5, 0.6) is 0 Å². The predicted molar refractivity (Wildman–Crippen MR) is 129 cm³/mol. The Hall–Kier alpha value is -2.45. The minimum absolute atomic E-state index is 0.193. The Morgan fingerprint density at radius 2 is 1.91 bits per heavy atom. The van der Waals surface area contributed by atoms with Crippen molar-refractivity contribution in [2.75, 3.05) is 50.7 Å². The number of hydrogen-bond donors (Lipinski definition) is 2. The molecule has 1 unspecified atom stereocenters. The molecule has 0 spiro atoms. The number of piperazine rings is 1. The van der Waals surface area contributed by atoms with E-state index in [-0.39, 0.29) is 17.7 Å². The fourth-order valence-electron chi connectivity index (χ4n) is 5.74. The number of benzene rings is 1. The van der Waals surface area contributed by atoms with Gasteiger partial charge in [0.2, 0.25) is 11.8 Å². The lowest BCUT2D eigenvalue weighted by atomic mass is 9.74. The lowest BCUT2D eigenvalue weighted by Crippen LogP contribution is -2.52. The van der Waals surface area contributed by atoms with Crippen LogP contribution in [-0.4, -0.2) is 72.3 Å². The number of hydrogen-bond acceptors (Lipinski definition) is 6. The molecule has 2 atom stereocenters. The fraction of sp³-hybridized carbons (Fsp3) is 0.640. The lowest BCUT2D eigenvalue weighted by molar-refractivity contribution is -0.134. The summed E-state index contributed by atoms with van der Waals surface area (Å²) in [6, 6.07) is 6.45. The third kappa shape index (κ3) is 4.38. The van der Waals surface area contributed by atoms with Crippen LogP contribution in [0.3, 0.4) is 0 Å². The summed E-state index contributed by atoms with van der Waals surface area (Å²) in [5, 5.41) is 11.7. The number of carbonyl (C=O) groups excluding carboxylic acids is 2. The molecule has 3 saturated heterocycles. The van der Waals surface area contributed by atoms with E-state index in [1.165, 1.54) is 18.7 Å². The summed E-state index contributed by atoms with van der Waals surface area (Å²) < 4.78 is 1.87. The van der Waals surface area contributed by atoms with Gasteiger partial charge in [-0.3, -0.25) is 24.5 Å². The van der Waals surface area contributed by atoms with Crippen molar-refractivity contribution in [1.29, 1.82) is 0 Å². The van der Waals surface area contributed by atoms with Crippen molar-refractivity contribution in [2.45, 2.75) is 39.0 Å². The first kappa shape index (κ1) is 22.3. The van der Waals surface area contributed by atoms with E-state index in [1.807, 2.05) is 11.7 Å². The van der Waals surface area contributed by atoms with Crippen LogP contribution in [0.2, 0.25) is 0 Å². The van der Waals surface area contributed by atoms with Gasteiger partial charge in [0.05, 0.1) is 17.1 Å². The molecule has 178 valence electrons. The number of amides is 2. The topological polar surface area (TPSA) is 82.5 Å². The average Bonchev–Trinajstić information content (AvgIpc) is 3.11. The van der Waals surface area contributed by atoms with Crippen LogP contribution < -0.4 is 15.5 Å². The monoisotopic (exact) mass is 452 g/mol. The molecule has 3 aliphatic heterocycles. The highest BCUT2D eigenvalue weighted by molar-refractivity contribution is 6.02. The van der Waals surface area contributed by atoms with Gasteiger partial charge in [-0.15, -0.1) is 0 Å². The van der Waals surface area contributed by atoms with E-state index in [2.05, 4.69) is 57.6 Å². The molecule has 8 heteroatoms. The van der Waals surface area contributed by atoms with Crippen LogP contribution in [0.15, 0.2) is 18.2 Å². The molecule has 2 N–H and O–H groups in total. The Balaban J connectivity index is 1.27. The minimum atomic E-state index is -0.361. The van der Waals surface area contributed by atoms with E-state index >= 15 is 0 Å². The van der Waals surface area contributed by atoms with E-state index < -0.39 is 0 Å². The molecule has 3 aliphatic rings. The van der Waals surface area contributed by atoms with Gasteiger partial charge in [-0.25, -0.2) is 0 Å². The first-order valence-electron chi connectivity index (χ1n) is 12.3. The third-order valence-electron chi connectivity index (χ3n) is 8.00. The largest absolute Gasteiger partial charge is 0.369 e. The van der Waals surface area contributed by atoms with Crippen molar-refractivity contribution in [2.24, 2.45) is 18.4 Å². The summed E-state index contributed by atoms with van der Waals surface area (Å²) in [6.45, 7) is 12.5. The molecule has 5 rings (SSSR count). The summed E-state index contributed by atoms with van der Waals surface area (Å²) in [6.07, 6.45) is 2.15. The van der Waals surface area contributed by atoms with Gasteiger partial charge in [0.1, 0.15) is 0 Å². The summed E-state index contributed by atoms with van der Waals surface area (Å²) in [4.78, 5) is 29.0.